The Labute approximate surface area is 172 Å². The van der Waals surface area contributed by atoms with Gasteiger partial charge in [0, 0.05) is 23.7 Å². The summed E-state index contributed by atoms with van der Waals surface area (Å²) in [6.45, 7) is 5.31. The van der Waals surface area contributed by atoms with E-state index >= 15 is 0 Å². The largest absolute Gasteiger partial charge is 0.449 e. The van der Waals surface area contributed by atoms with E-state index in [1.54, 1.807) is 30.5 Å². The van der Waals surface area contributed by atoms with Crippen LogP contribution in [-0.4, -0.2) is 28.1 Å². The number of carbonyl (C=O) groups excluding carboxylic acids is 2. The van der Waals surface area contributed by atoms with Crippen LogP contribution in [0.25, 0.3) is 0 Å². The lowest BCUT2D eigenvalue weighted by atomic mass is 10.2. The van der Waals surface area contributed by atoms with Crippen LogP contribution in [0.3, 0.4) is 0 Å². The molecule has 7 nitrogen and oxygen atoms in total. The standard InChI is InChI=1S/C21H21N3O4S/c1-13-6-8-16(9-7-13)23-19(25)15(3)27-21(26)18-5-4-10-22-20(18)29-12-17-11-14(2)28-24-17/h4-11,15H,12H2,1-3H3,(H,23,25)/t15-/m1/s1. The zero-order valence-electron chi connectivity index (χ0n) is 16.3. The molecule has 0 fully saturated rings. The molecular formula is C21H21N3O4S. The highest BCUT2D eigenvalue weighted by Crippen LogP contribution is 2.25. The molecule has 1 atom stereocenters. The normalized spacial score (nSPS) is 11.7. The Balaban J connectivity index is 1.62. The van der Waals surface area contributed by atoms with Gasteiger partial charge < -0.3 is 14.6 Å². The van der Waals surface area contributed by atoms with Crippen molar-refractivity contribution in [3.05, 3.63) is 71.2 Å². The van der Waals surface area contributed by atoms with Crippen molar-refractivity contribution in [2.75, 3.05) is 5.32 Å². The molecule has 2 heterocycles. The van der Waals surface area contributed by atoms with E-state index in [-0.39, 0.29) is 0 Å². The summed E-state index contributed by atoms with van der Waals surface area (Å²) in [6, 6.07) is 12.5. The minimum Gasteiger partial charge on any atom is -0.449 e. The summed E-state index contributed by atoms with van der Waals surface area (Å²) >= 11 is 1.35. The third-order valence-corrected chi connectivity index (χ3v) is 5.04. The fourth-order valence-electron chi connectivity index (χ4n) is 2.45. The van der Waals surface area contributed by atoms with Crippen LogP contribution in [0.15, 0.2) is 58.2 Å². The fraction of sp³-hybridized carbons (Fsp3) is 0.238. The number of rotatable bonds is 7. The summed E-state index contributed by atoms with van der Waals surface area (Å²) in [6.07, 6.45) is 0.640. The lowest BCUT2D eigenvalue weighted by Gasteiger charge is -2.14. The van der Waals surface area contributed by atoms with Gasteiger partial charge in [-0.1, -0.05) is 34.6 Å². The number of benzene rings is 1. The van der Waals surface area contributed by atoms with Crippen LogP contribution < -0.4 is 5.32 Å². The number of amides is 1. The smallest absolute Gasteiger partial charge is 0.341 e. The Bertz CT molecular complexity index is 1000. The quantitative estimate of drug-likeness (QED) is 0.461. The summed E-state index contributed by atoms with van der Waals surface area (Å²) in [7, 11) is 0. The first-order valence-corrected chi connectivity index (χ1v) is 9.99. The van der Waals surface area contributed by atoms with E-state index in [0.717, 1.165) is 17.0 Å². The molecule has 0 unspecified atom stereocenters. The molecule has 0 aliphatic carbocycles. The molecule has 2 aromatic heterocycles. The predicted molar refractivity (Wildman–Crippen MR) is 110 cm³/mol. The van der Waals surface area contributed by atoms with Gasteiger partial charge in [-0.2, -0.15) is 0 Å². The summed E-state index contributed by atoms with van der Waals surface area (Å²) in [5, 5.41) is 7.17. The van der Waals surface area contributed by atoms with Crippen molar-refractivity contribution in [3.8, 4) is 0 Å². The van der Waals surface area contributed by atoms with Crippen LogP contribution in [0.2, 0.25) is 0 Å². The number of nitrogens with zero attached hydrogens (tertiary/aromatic N) is 2. The molecule has 0 saturated carbocycles. The fourth-order valence-corrected chi connectivity index (χ4v) is 3.31. The van der Waals surface area contributed by atoms with Crippen LogP contribution in [0, 0.1) is 13.8 Å². The number of anilines is 1. The van der Waals surface area contributed by atoms with Gasteiger partial charge in [0.05, 0.1) is 11.3 Å². The summed E-state index contributed by atoms with van der Waals surface area (Å²) in [4.78, 5) is 29.2. The van der Waals surface area contributed by atoms with Crippen LogP contribution in [0.5, 0.6) is 0 Å². The zero-order valence-corrected chi connectivity index (χ0v) is 17.2. The van der Waals surface area contributed by atoms with Crippen molar-refractivity contribution in [1.29, 1.82) is 0 Å². The molecular weight excluding hydrogens is 390 g/mol. The van der Waals surface area contributed by atoms with Gasteiger partial charge in [-0.25, -0.2) is 9.78 Å². The SMILES string of the molecule is Cc1ccc(NC(=O)[C@@H](C)OC(=O)c2cccnc2SCc2cc(C)on2)cc1. The van der Waals surface area contributed by atoms with Gasteiger partial charge in [-0.3, -0.25) is 4.79 Å². The minimum absolute atomic E-state index is 0.299. The maximum Gasteiger partial charge on any atom is 0.341 e. The molecule has 0 spiro atoms. The summed E-state index contributed by atoms with van der Waals surface area (Å²) in [5.41, 5.74) is 2.78. The van der Waals surface area contributed by atoms with Crippen molar-refractivity contribution < 1.29 is 18.8 Å². The minimum atomic E-state index is -0.958. The molecule has 0 radical (unpaired) electrons. The third-order valence-electron chi connectivity index (χ3n) is 4.00. The zero-order chi connectivity index (χ0) is 20.8. The van der Waals surface area contributed by atoms with Gasteiger partial charge in [-0.15, -0.1) is 0 Å². The van der Waals surface area contributed by atoms with E-state index in [0.29, 0.717) is 22.0 Å². The number of aryl methyl sites for hydroxylation is 2. The number of aromatic nitrogens is 2. The van der Waals surface area contributed by atoms with Crippen molar-refractivity contribution in [2.45, 2.75) is 37.7 Å². The van der Waals surface area contributed by atoms with E-state index in [2.05, 4.69) is 15.5 Å². The van der Waals surface area contributed by atoms with Crippen LogP contribution >= 0.6 is 11.8 Å². The number of pyridine rings is 1. The highest BCUT2D eigenvalue weighted by atomic mass is 32.2. The average molecular weight is 411 g/mol. The molecule has 1 N–H and O–H groups in total. The molecule has 0 bridgehead atoms. The lowest BCUT2D eigenvalue weighted by molar-refractivity contribution is -0.123. The van der Waals surface area contributed by atoms with Gasteiger partial charge in [0.25, 0.3) is 5.91 Å². The summed E-state index contributed by atoms with van der Waals surface area (Å²) < 4.78 is 10.4. The number of thioether (sulfide) groups is 1. The average Bonchev–Trinajstić information content (AvgIpc) is 3.13. The molecule has 3 rings (SSSR count). The Morgan fingerprint density at radius 3 is 2.66 bits per heavy atom. The topological polar surface area (TPSA) is 94.3 Å². The predicted octanol–water partition coefficient (Wildman–Crippen LogP) is 4.16. The van der Waals surface area contributed by atoms with E-state index in [9.17, 15) is 9.59 Å². The van der Waals surface area contributed by atoms with Crippen LogP contribution in [0.1, 0.15) is 34.3 Å². The molecule has 1 amide bonds. The van der Waals surface area contributed by atoms with Gasteiger partial charge in [-0.05, 0) is 45.0 Å². The van der Waals surface area contributed by atoms with E-state index in [1.807, 2.05) is 32.0 Å². The number of ether oxygens (including phenoxy) is 1. The van der Waals surface area contributed by atoms with E-state index in [1.165, 1.54) is 18.7 Å². The molecule has 0 aliphatic rings. The number of carbonyl (C=O) groups is 2. The Hall–Kier alpha value is -3.13. The maximum atomic E-state index is 12.6. The Morgan fingerprint density at radius 1 is 1.21 bits per heavy atom. The van der Waals surface area contributed by atoms with Crippen molar-refractivity contribution >= 4 is 29.3 Å². The Morgan fingerprint density at radius 2 is 1.97 bits per heavy atom. The highest BCUT2D eigenvalue weighted by Gasteiger charge is 2.22. The Kier molecular flexibility index (Phi) is 6.66. The molecule has 0 saturated heterocycles. The second kappa shape index (κ2) is 9.38. The van der Waals surface area contributed by atoms with Gasteiger partial charge in [0.15, 0.2) is 6.10 Å². The maximum absolute atomic E-state index is 12.6. The first-order valence-electron chi connectivity index (χ1n) is 9.01. The van der Waals surface area contributed by atoms with Gasteiger partial charge in [0.1, 0.15) is 10.8 Å². The summed E-state index contributed by atoms with van der Waals surface area (Å²) in [5.74, 6) is 0.203. The second-order valence-electron chi connectivity index (χ2n) is 6.48. The molecule has 1 aromatic carbocycles. The number of hydrogen-bond donors (Lipinski definition) is 1. The number of hydrogen-bond acceptors (Lipinski definition) is 7. The van der Waals surface area contributed by atoms with E-state index in [4.69, 9.17) is 9.26 Å². The molecule has 150 valence electrons. The molecule has 0 aliphatic heterocycles. The molecule has 8 heteroatoms. The monoisotopic (exact) mass is 411 g/mol. The highest BCUT2D eigenvalue weighted by molar-refractivity contribution is 7.98. The molecule has 29 heavy (non-hydrogen) atoms. The van der Waals surface area contributed by atoms with Crippen molar-refractivity contribution in [3.63, 3.8) is 0 Å². The lowest BCUT2D eigenvalue weighted by Crippen LogP contribution is -2.30. The van der Waals surface area contributed by atoms with Crippen molar-refractivity contribution in [1.82, 2.24) is 10.1 Å². The second-order valence-corrected chi connectivity index (χ2v) is 7.44. The first-order chi connectivity index (χ1) is 13.9. The number of esters is 1. The van der Waals surface area contributed by atoms with Crippen LogP contribution in [0.4, 0.5) is 5.69 Å². The number of nitrogens with one attached hydrogen (secondary N) is 1. The van der Waals surface area contributed by atoms with Crippen LogP contribution in [-0.2, 0) is 15.3 Å². The van der Waals surface area contributed by atoms with E-state index < -0.39 is 18.0 Å². The van der Waals surface area contributed by atoms with Gasteiger partial charge >= 0.3 is 5.97 Å². The third kappa shape index (κ3) is 5.68. The molecule has 3 aromatic rings. The van der Waals surface area contributed by atoms with Crippen molar-refractivity contribution in [2.24, 2.45) is 0 Å². The van der Waals surface area contributed by atoms with Gasteiger partial charge in [0.2, 0.25) is 0 Å². The first kappa shape index (κ1) is 20.6.